The molecule has 0 unspecified atom stereocenters. The van der Waals surface area contributed by atoms with Crippen LogP contribution in [0.2, 0.25) is 0 Å². The summed E-state index contributed by atoms with van der Waals surface area (Å²) < 4.78 is 5.81. The van der Waals surface area contributed by atoms with Crippen LogP contribution < -0.4 is 5.32 Å². The van der Waals surface area contributed by atoms with Gasteiger partial charge in [-0.3, -0.25) is 14.5 Å². The van der Waals surface area contributed by atoms with E-state index < -0.39 is 17.5 Å². The van der Waals surface area contributed by atoms with Crippen molar-refractivity contribution >= 4 is 39.5 Å². The second kappa shape index (κ2) is 6.56. The monoisotopic (exact) mass is 398 g/mol. The van der Waals surface area contributed by atoms with E-state index in [1.165, 1.54) is 0 Å². The van der Waals surface area contributed by atoms with Gasteiger partial charge in [0.15, 0.2) is 11.3 Å². The van der Waals surface area contributed by atoms with Gasteiger partial charge in [0.05, 0.1) is 6.54 Å². The quantitative estimate of drug-likeness (QED) is 0.412. The molecule has 1 atom stereocenters. The molecule has 1 N–H and O–H groups in total. The molecule has 3 amide bonds. The van der Waals surface area contributed by atoms with Crippen LogP contribution in [0.3, 0.4) is 0 Å². The Labute approximate surface area is 172 Å². The molecule has 5 rings (SSSR count). The molecule has 0 saturated carbocycles. The third-order valence-corrected chi connectivity index (χ3v) is 5.57. The van der Waals surface area contributed by atoms with E-state index >= 15 is 0 Å². The average molecular weight is 398 g/mol. The molecule has 0 aliphatic carbocycles. The summed E-state index contributed by atoms with van der Waals surface area (Å²) in [6, 6.07) is 21.5. The Morgan fingerprint density at radius 1 is 0.933 bits per heavy atom. The van der Waals surface area contributed by atoms with Gasteiger partial charge in [0.1, 0.15) is 11.3 Å². The number of rotatable bonds is 4. The van der Waals surface area contributed by atoms with Crippen LogP contribution >= 0.6 is 0 Å². The first-order valence-electron chi connectivity index (χ1n) is 9.61. The van der Waals surface area contributed by atoms with Crippen LogP contribution in [0, 0.1) is 0 Å². The minimum atomic E-state index is -1.36. The number of para-hydroxylation sites is 1. The van der Waals surface area contributed by atoms with Crippen LogP contribution in [0.4, 0.5) is 4.79 Å². The van der Waals surface area contributed by atoms with Crippen LogP contribution in [0.15, 0.2) is 77.2 Å². The Morgan fingerprint density at radius 2 is 1.63 bits per heavy atom. The topological polar surface area (TPSA) is 79.6 Å². The largest absolute Gasteiger partial charge is 0.458 e. The van der Waals surface area contributed by atoms with Crippen molar-refractivity contribution in [2.45, 2.75) is 12.5 Å². The fraction of sp³-hybridized carbons (Fsp3) is 0.125. The number of nitrogens with one attached hydrogen (secondary N) is 1. The van der Waals surface area contributed by atoms with E-state index in [2.05, 4.69) is 5.32 Å². The minimum absolute atomic E-state index is 0.307. The number of imide groups is 1. The zero-order chi connectivity index (χ0) is 20.9. The van der Waals surface area contributed by atoms with Gasteiger partial charge in [-0.1, -0.05) is 54.6 Å². The number of hydrogen-bond acceptors (Lipinski definition) is 4. The lowest BCUT2D eigenvalue weighted by molar-refractivity contribution is -0.131. The summed E-state index contributed by atoms with van der Waals surface area (Å²) in [6.07, 6.45) is 0. The lowest BCUT2D eigenvalue weighted by atomic mass is 9.98. The number of Topliss-reactive ketones (excluding diaryl/α,β-unsaturated/α-hetero) is 1. The number of carbonyl (C=O) groups is 3. The summed E-state index contributed by atoms with van der Waals surface area (Å²) in [5.41, 5.74) is -0.284. The minimum Gasteiger partial charge on any atom is -0.458 e. The molecule has 2 heterocycles. The van der Waals surface area contributed by atoms with Gasteiger partial charge in [-0.05, 0) is 35.9 Å². The molecule has 0 radical (unpaired) electrons. The molecule has 6 nitrogen and oxygen atoms in total. The number of amides is 3. The van der Waals surface area contributed by atoms with E-state index in [1.54, 1.807) is 31.2 Å². The molecule has 1 aliphatic heterocycles. The molecule has 1 fully saturated rings. The van der Waals surface area contributed by atoms with Crippen molar-refractivity contribution in [2.24, 2.45) is 0 Å². The maximum atomic E-state index is 13.1. The van der Waals surface area contributed by atoms with Crippen molar-refractivity contribution in [3.8, 4) is 0 Å². The van der Waals surface area contributed by atoms with Gasteiger partial charge in [0.2, 0.25) is 0 Å². The van der Waals surface area contributed by atoms with E-state index in [-0.39, 0.29) is 12.3 Å². The third-order valence-electron chi connectivity index (χ3n) is 5.57. The van der Waals surface area contributed by atoms with Crippen molar-refractivity contribution in [1.82, 2.24) is 10.2 Å². The van der Waals surface area contributed by atoms with Crippen molar-refractivity contribution in [2.75, 3.05) is 6.54 Å². The Bertz CT molecular complexity index is 1310. The van der Waals surface area contributed by atoms with Gasteiger partial charge < -0.3 is 9.73 Å². The molecule has 30 heavy (non-hydrogen) atoms. The molecular formula is C24H18N2O4. The smallest absolute Gasteiger partial charge is 0.325 e. The Balaban J connectivity index is 1.42. The predicted molar refractivity (Wildman–Crippen MR) is 112 cm³/mol. The first-order valence-corrected chi connectivity index (χ1v) is 9.61. The summed E-state index contributed by atoms with van der Waals surface area (Å²) in [5, 5.41) is 5.46. The molecule has 0 spiro atoms. The summed E-state index contributed by atoms with van der Waals surface area (Å²) in [6.45, 7) is 1.25. The van der Waals surface area contributed by atoms with Crippen molar-refractivity contribution in [3.05, 3.63) is 84.1 Å². The number of ketones is 1. The van der Waals surface area contributed by atoms with Crippen molar-refractivity contribution in [1.29, 1.82) is 0 Å². The number of furan rings is 1. The van der Waals surface area contributed by atoms with E-state index in [0.717, 1.165) is 21.1 Å². The second-order valence-corrected chi connectivity index (χ2v) is 7.58. The van der Waals surface area contributed by atoms with E-state index in [0.29, 0.717) is 16.9 Å². The number of carbonyl (C=O) groups excluding carboxylic acids is 3. The lowest BCUT2D eigenvalue weighted by Crippen LogP contribution is -2.41. The Hall–Kier alpha value is -3.93. The van der Waals surface area contributed by atoms with Gasteiger partial charge in [0, 0.05) is 10.9 Å². The maximum Gasteiger partial charge on any atom is 0.325 e. The van der Waals surface area contributed by atoms with E-state index in [4.69, 9.17) is 4.42 Å². The van der Waals surface area contributed by atoms with Gasteiger partial charge in [0.25, 0.3) is 5.91 Å². The molecule has 148 valence electrons. The van der Waals surface area contributed by atoms with Crippen LogP contribution in [-0.4, -0.2) is 29.2 Å². The summed E-state index contributed by atoms with van der Waals surface area (Å²) >= 11 is 0. The van der Waals surface area contributed by atoms with Crippen LogP contribution in [0.25, 0.3) is 21.7 Å². The molecule has 1 saturated heterocycles. The fourth-order valence-corrected chi connectivity index (χ4v) is 3.83. The normalized spacial score (nSPS) is 18.9. The molecule has 4 aromatic rings. The zero-order valence-electron chi connectivity index (χ0n) is 16.2. The zero-order valence-corrected chi connectivity index (χ0v) is 16.2. The maximum absolute atomic E-state index is 13.1. The van der Waals surface area contributed by atoms with Gasteiger partial charge >= 0.3 is 6.03 Å². The number of fused-ring (bicyclic) bond motifs is 2. The highest BCUT2D eigenvalue weighted by molar-refractivity contribution is 6.11. The molecule has 1 aromatic heterocycles. The van der Waals surface area contributed by atoms with Crippen molar-refractivity contribution < 1.29 is 18.8 Å². The van der Waals surface area contributed by atoms with E-state index in [1.807, 2.05) is 48.5 Å². The van der Waals surface area contributed by atoms with Crippen molar-refractivity contribution in [3.63, 3.8) is 0 Å². The highest BCUT2D eigenvalue weighted by Gasteiger charge is 2.51. The highest BCUT2D eigenvalue weighted by Crippen LogP contribution is 2.33. The Kier molecular flexibility index (Phi) is 3.96. The summed E-state index contributed by atoms with van der Waals surface area (Å²) in [5.74, 6) is -0.485. The first-order chi connectivity index (χ1) is 14.5. The van der Waals surface area contributed by atoms with E-state index in [9.17, 15) is 14.4 Å². The SMILES string of the molecule is C[C@]1(c2cc3ccccc3o2)NC(=O)N(CC(=O)c2ccc3ccccc3c2)C1=O. The predicted octanol–water partition coefficient (Wildman–Crippen LogP) is 4.24. The number of benzene rings is 3. The van der Waals surface area contributed by atoms with Gasteiger partial charge in [-0.15, -0.1) is 0 Å². The fourth-order valence-electron chi connectivity index (χ4n) is 3.83. The van der Waals surface area contributed by atoms with Gasteiger partial charge in [-0.2, -0.15) is 0 Å². The van der Waals surface area contributed by atoms with Crippen LogP contribution in [0.1, 0.15) is 23.0 Å². The first kappa shape index (κ1) is 18.1. The highest BCUT2D eigenvalue weighted by atomic mass is 16.3. The molecule has 3 aromatic carbocycles. The van der Waals surface area contributed by atoms with Crippen LogP contribution in [0.5, 0.6) is 0 Å². The molecule has 6 heteroatoms. The number of urea groups is 1. The summed E-state index contributed by atoms with van der Waals surface area (Å²) in [4.78, 5) is 39.5. The molecule has 0 bridgehead atoms. The van der Waals surface area contributed by atoms with Gasteiger partial charge in [-0.25, -0.2) is 4.79 Å². The number of nitrogens with zero attached hydrogens (tertiary/aromatic N) is 1. The second-order valence-electron chi connectivity index (χ2n) is 7.58. The number of hydrogen-bond donors (Lipinski definition) is 1. The summed E-state index contributed by atoms with van der Waals surface area (Å²) in [7, 11) is 0. The lowest BCUT2D eigenvalue weighted by Gasteiger charge is -2.18. The Morgan fingerprint density at radius 3 is 2.40 bits per heavy atom. The molecular weight excluding hydrogens is 380 g/mol. The average Bonchev–Trinajstić information content (AvgIpc) is 3.29. The standard InChI is InChI=1S/C24H18N2O4/c1-24(21-13-18-8-4-5-9-20(18)30-21)22(28)26(23(29)25-24)14-19(27)17-11-10-15-6-2-3-7-16(15)12-17/h2-13H,14H2,1H3,(H,25,29)/t24-/m1/s1. The third kappa shape index (κ3) is 2.76. The van der Waals surface area contributed by atoms with Crippen LogP contribution in [-0.2, 0) is 10.3 Å². The molecule has 1 aliphatic rings.